The van der Waals surface area contributed by atoms with Gasteiger partial charge in [-0.25, -0.2) is 0 Å². The van der Waals surface area contributed by atoms with Crippen LogP contribution in [0, 0.1) is 0 Å². The molecule has 0 heterocycles. The molecule has 1 rings (SSSR count). The lowest BCUT2D eigenvalue weighted by atomic mass is 9.96. The maximum atomic E-state index is 5.94. The molecule has 2 atom stereocenters. The fourth-order valence-electron chi connectivity index (χ4n) is 1.55. The average Bonchev–Trinajstić information content (AvgIpc) is 1.94. The minimum atomic E-state index is 0.485. The van der Waals surface area contributed by atoms with Crippen molar-refractivity contribution in [2.45, 2.75) is 43.9 Å². The van der Waals surface area contributed by atoms with Gasteiger partial charge in [-0.3, -0.25) is 0 Å². The molecule has 10 heavy (non-hydrogen) atoms. The van der Waals surface area contributed by atoms with Gasteiger partial charge in [0.25, 0.3) is 0 Å². The summed E-state index contributed by atoms with van der Waals surface area (Å²) >= 11 is 2.04. The molecule has 0 bridgehead atoms. The second-order valence-corrected chi connectivity index (χ2v) is 4.46. The van der Waals surface area contributed by atoms with E-state index >= 15 is 0 Å². The molecule has 0 amide bonds. The Bertz CT molecular complexity index is 93.3. The Morgan fingerprint density at radius 1 is 1.40 bits per heavy atom. The molecule has 0 aromatic carbocycles. The molecule has 1 aliphatic rings. The third-order valence-corrected chi connectivity index (χ3v) is 3.48. The van der Waals surface area contributed by atoms with Crippen LogP contribution in [0.3, 0.4) is 0 Å². The van der Waals surface area contributed by atoms with Crippen LogP contribution in [0.1, 0.15) is 32.6 Å². The summed E-state index contributed by atoms with van der Waals surface area (Å²) in [4.78, 5) is 0. The van der Waals surface area contributed by atoms with Gasteiger partial charge in [-0.05, 0) is 18.6 Å². The highest BCUT2D eigenvalue weighted by molar-refractivity contribution is 7.99. The Morgan fingerprint density at radius 3 is 2.70 bits per heavy atom. The highest BCUT2D eigenvalue weighted by Crippen LogP contribution is 2.26. The molecule has 0 unspecified atom stereocenters. The van der Waals surface area contributed by atoms with Crippen LogP contribution in [0.25, 0.3) is 0 Å². The maximum Gasteiger partial charge on any atom is 0.0198 e. The third-order valence-electron chi connectivity index (χ3n) is 2.13. The number of hydrogen-bond acceptors (Lipinski definition) is 2. The van der Waals surface area contributed by atoms with Gasteiger partial charge in [-0.15, -0.1) is 0 Å². The van der Waals surface area contributed by atoms with Gasteiger partial charge in [0.05, 0.1) is 0 Å². The molecule has 1 saturated carbocycles. The van der Waals surface area contributed by atoms with E-state index in [0.717, 1.165) is 5.25 Å². The van der Waals surface area contributed by atoms with E-state index in [2.05, 4.69) is 6.92 Å². The Kier molecular flexibility index (Phi) is 3.57. The van der Waals surface area contributed by atoms with Gasteiger partial charge in [-0.1, -0.05) is 19.8 Å². The minimum Gasteiger partial charge on any atom is -0.327 e. The second-order valence-electron chi connectivity index (χ2n) is 2.94. The second kappa shape index (κ2) is 4.24. The molecule has 60 valence electrons. The van der Waals surface area contributed by atoms with Crippen molar-refractivity contribution < 1.29 is 0 Å². The summed E-state index contributed by atoms with van der Waals surface area (Å²) in [7, 11) is 0. The van der Waals surface area contributed by atoms with Crippen LogP contribution in [-0.4, -0.2) is 17.0 Å². The van der Waals surface area contributed by atoms with Gasteiger partial charge in [0.2, 0.25) is 0 Å². The quantitative estimate of drug-likeness (QED) is 0.667. The van der Waals surface area contributed by atoms with Crippen molar-refractivity contribution in [2.75, 3.05) is 5.75 Å². The van der Waals surface area contributed by atoms with Gasteiger partial charge in [-0.2, -0.15) is 11.8 Å². The van der Waals surface area contributed by atoms with Crippen LogP contribution in [0.2, 0.25) is 0 Å². The number of thioether (sulfide) groups is 1. The molecule has 0 saturated heterocycles. The van der Waals surface area contributed by atoms with E-state index in [0.29, 0.717) is 6.04 Å². The van der Waals surface area contributed by atoms with Crippen molar-refractivity contribution in [3.05, 3.63) is 0 Å². The van der Waals surface area contributed by atoms with Crippen molar-refractivity contribution in [1.29, 1.82) is 0 Å². The molecule has 1 nitrogen and oxygen atoms in total. The van der Waals surface area contributed by atoms with Crippen LogP contribution in [-0.2, 0) is 0 Å². The summed E-state index contributed by atoms with van der Waals surface area (Å²) in [5.74, 6) is 1.22. The zero-order valence-electron chi connectivity index (χ0n) is 6.68. The van der Waals surface area contributed by atoms with E-state index in [4.69, 9.17) is 5.73 Å². The molecule has 0 aromatic rings. The van der Waals surface area contributed by atoms with E-state index in [1.807, 2.05) is 11.8 Å². The van der Waals surface area contributed by atoms with Crippen molar-refractivity contribution in [1.82, 2.24) is 0 Å². The number of hydrogen-bond donors (Lipinski definition) is 1. The van der Waals surface area contributed by atoms with Gasteiger partial charge in [0.15, 0.2) is 0 Å². The minimum absolute atomic E-state index is 0.485. The van der Waals surface area contributed by atoms with Crippen LogP contribution in [0.4, 0.5) is 0 Å². The van der Waals surface area contributed by atoms with E-state index in [1.54, 1.807) is 0 Å². The topological polar surface area (TPSA) is 26.0 Å². The fraction of sp³-hybridized carbons (Fsp3) is 1.00. The van der Waals surface area contributed by atoms with Crippen molar-refractivity contribution in [3.63, 3.8) is 0 Å². The molecule has 0 radical (unpaired) electrons. The summed E-state index contributed by atoms with van der Waals surface area (Å²) in [6.45, 7) is 2.21. The molecule has 1 fully saturated rings. The zero-order chi connectivity index (χ0) is 7.40. The molecule has 0 spiro atoms. The van der Waals surface area contributed by atoms with Crippen molar-refractivity contribution in [2.24, 2.45) is 5.73 Å². The van der Waals surface area contributed by atoms with Gasteiger partial charge >= 0.3 is 0 Å². The van der Waals surface area contributed by atoms with Crippen LogP contribution in [0.5, 0.6) is 0 Å². The lowest BCUT2D eigenvalue weighted by Crippen LogP contribution is -2.35. The Balaban J connectivity index is 2.25. The monoisotopic (exact) mass is 159 g/mol. The van der Waals surface area contributed by atoms with Gasteiger partial charge < -0.3 is 5.73 Å². The van der Waals surface area contributed by atoms with Crippen LogP contribution in [0.15, 0.2) is 0 Å². The average molecular weight is 159 g/mol. The van der Waals surface area contributed by atoms with Gasteiger partial charge in [0, 0.05) is 11.3 Å². The first-order valence-electron chi connectivity index (χ1n) is 4.21. The summed E-state index contributed by atoms with van der Waals surface area (Å²) in [5, 5.41) is 0.763. The molecule has 2 heteroatoms. The Hall–Kier alpha value is 0.310. The lowest BCUT2D eigenvalue weighted by Gasteiger charge is -2.27. The first kappa shape index (κ1) is 8.41. The number of nitrogens with two attached hydrogens (primary N) is 1. The van der Waals surface area contributed by atoms with Crippen LogP contribution < -0.4 is 5.73 Å². The molecule has 1 aliphatic carbocycles. The van der Waals surface area contributed by atoms with Gasteiger partial charge in [0.1, 0.15) is 0 Å². The summed E-state index contributed by atoms with van der Waals surface area (Å²) < 4.78 is 0. The SMILES string of the molecule is CCS[C@@H]1CCCC[C@@H]1N. The van der Waals surface area contributed by atoms with E-state index < -0.39 is 0 Å². The Morgan fingerprint density at radius 2 is 2.10 bits per heavy atom. The molecular weight excluding hydrogens is 142 g/mol. The van der Waals surface area contributed by atoms with Crippen LogP contribution >= 0.6 is 11.8 Å². The number of rotatable bonds is 2. The first-order valence-corrected chi connectivity index (χ1v) is 5.26. The van der Waals surface area contributed by atoms with E-state index in [1.165, 1.54) is 31.4 Å². The smallest absolute Gasteiger partial charge is 0.0198 e. The largest absolute Gasteiger partial charge is 0.327 e. The first-order chi connectivity index (χ1) is 4.84. The predicted octanol–water partition coefficient (Wildman–Crippen LogP) is 2.01. The zero-order valence-corrected chi connectivity index (χ0v) is 7.49. The van der Waals surface area contributed by atoms with Crippen molar-refractivity contribution in [3.8, 4) is 0 Å². The molecular formula is C8H17NS. The molecule has 0 aromatic heterocycles. The summed E-state index contributed by atoms with van der Waals surface area (Å²) in [5.41, 5.74) is 5.94. The van der Waals surface area contributed by atoms with E-state index in [9.17, 15) is 0 Å². The van der Waals surface area contributed by atoms with E-state index in [-0.39, 0.29) is 0 Å². The highest BCUT2D eigenvalue weighted by atomic mass is 32.2. The standard InChI is InChI=1S/C8H17NS/c1-2-10-8-6-4-3-5-7(8)9/h7-8H,2-6,9H2,1H3/t7-,8+/m0/s1. The van der Waals surface area contributed by atoms with Crippen molar-refractivity contribution >= 4 is 11.8 Å². The Labute approximate surface area is 67.8 Å². The fourth-order valence-corrected chi connectivity index (χ4v) is 2.69. The summed E-state index contributed by atoms with van der Waals surface area (Å²) in [6, 6.07) is 0.485. The normalized spacial score (nSPS) is 34.2. The predicted molar refractivity (Wildman–Crippen MR) is 48.4 cm³/mol. The lowest BCUT2D eigenvalue weighted by molar-refractivity contribution is 0.453. The maximum absolute atomic E-state index is 5.94. The molecule has 0 aliphatic heterocycles. The highest BCUT2D eigenvalue weighted by Gasteiger charge is 2.20. The summed E-state index contributed by atoms with van der Waals surface area (Å²) in [6.07, 6.45) is 5.34. The molecule has 2 N–H and O–H groups in total. The third kappa shape index (κ3) is 2.17.